The molecule has 2 atom stereocenters. The van der Waals surface area contributed by atoms with Crippen molar-refractivity contribution in [2.75, 3.05) is 19.6 Å². The van der Waals surface area contributed by atoms with Crippen LogP contribution in [0.3, 0.4) is 0 Å². The molecule has 0 bridgehead atoms. The van der Waals surface area contributed by atoms with E-state index in [0.29, 0.717) is 18.4 Å². The highest BCUT2D eigenvalue weighted by Gasteiger charge is 2.29. The molecule has 3 heteroatoms. The van der Waals surface area contributed by atoms with Crippen molar-refractivity contribution in [3.63, 3.8) is 0 Å². The van der Waals surface area contributed by atoms with Crippen molar-refractivity contribution < 1.29 is 0 Å². The van der Waals surface area contributed by atoms with E-state index in [9.17, 15) is 0 Å². The molecule has 0 spiro atoms. The molecule has 0 aliphatic heterocycles. The van der Waals surface area contributed by atoms with Crippen molar-refractivity contribution in [2.24, 2.45) is 11.7 Å². The lowest BCUT2D eigenvalue weighted by molar-refractivity contribution is 0.167. The van der Waals surface area contributed by atoms with Crippen molar-refractivity contribution >= 4 is 0 Å². The van der Waals surface area contributed by atoms with Crippen LogP contribution < -0.4 is 5.73 Å². The van der Waals surface area contributed by atoms with Crippen LogP contribution in [-0.2, 0) is 0 Å². The normalized spacial score (nSPS) is 24.9. The van der Waals surface area contributed by atoms with Crippen LogP contribution in [0.4, 0.5) is 0 Å². The highest BCUT2D eigenvalue weighted by atomic mass is 15.2. The van der Waals surface area contributed by atoms with Gasteiger partial charge in [0.2, 0.25) is 0 Å². The molecular formula is C13H25N3. The first kappa shape index (κ1) is 13.5. The predicted molar refractivity (Wildman–Crippen MR) is 66.9 cm³/mol. The molecule has 0 aromatic heterocycles. The van der Waals surface area contributed by atoms with Gasteiger partial charge in [-0.2, -0.15) is 5.26 Å². The Morgan fingerprint density at radius 2 is 2.19 bits per heavy atom. The molecule has 0 amide bonds. The minimum absolute atomic E-state index is 0.697. The van der Waals surface area contributed by atoms with E-state index in [-0.39, 0.29) is 0 Å². The van der Waals surface area contributed by atoms with Crippen LogP contribution in [0.5, 0.6) is 0 Å². The Morgan fingerprint density at radius 1 is 1.38 bits per heavy atom. The van der Waals surface area contributed by atoms with Crippen LogP contribution in [0, 0.1) is 17.2 Å². The molecule has 0 heterocycles. The average molecular weight is 223 g/mol. The number of nitrogens with zero attached hydrogens (tertiary/aromatic N) is 2. The number of nitrogens with two attached hydrogens (primary N) is 1. The molecule has 1 rings (SSSR count). The summed E-state index contributed by atoms with van der Waals surface area (Å²) in [6, 6.07) is 2.92. The lowest BCUT2D eigenvalue weighted by Crippen LogP contribution is -2.40. The van der Waals surface area contributed by atoms with E-state index in [0.717, 1.165) is 32.5 Å². The third-order valence-corrected chi connectivity index (χ3v) is 3.78. The summed E-state index contributed by atoms with van der Waals surface area (Å²) >= 11 is 0. The van der Waals surface area contributed by atoms with Crippen molar-refractivity contribution in [1.29, 1.82) is 5.26 Å². The summed E-state index contributed by atoms with van der Waals surface area (Å²) in [4.78, 5) is 2.57. The van der Waals surface area contributed by atoms with E-state index in [1.54, 1.807) is 0 Å². The molecule has 1 fully saturated rings. The smallest absolute Gasteiger partial charge is 0.0621 e. The highest BCUT2D eigenvalue weighted by molar-refractivity contribution is 4.85. The second-order valence-corrected chi connectivity index (χ2v) is 4.74. The van der Waals surface area contributed by atoms with Gasteiger partial charge in [0.25, 0.3) is 0 Å². The quantitative estimate of drug-likeness (QED) is 0.673. The van der Waals surface area contributed by atoms with Crippen LogP contribution in [0.15, 0.2) is 0 Å². The van der Waals surface area contributed by atoms with Gasteiger partial charge in [-0.25, -0.2) is 0 Å². The standard InChI is InChI=1S/C13H25N3/c1-2-16(10-5-3-4-9-14)13-8-6-7-12(13)11-15/h12-13H,2-8,10-11,15H2,1H3. The van der Waals surface area contributed by atoms with Crippen molar-refractivity contribution in [3.8, 4) is 6.07 Å². The molecule has 1 aliphatic carbocycles. The third kappa shape index (κ3) is 3.77. The number of nitriles is 1. The number of unbranched alkanes of at least 4 members (excludes halogenated alkanes) is 2. The maximum absolute atomic E-state index is 8.50. The molecule has 1 aliphatic rings. The fourth-order valence-electron chi connectivity index (χ4n) is 2.85. The van der Waals surface area contributed by atoms with Gasteiger partial charge in [0.05, 0.1) is 6.07 Å². The van der Waals surface area contributed by atoms with Gasteiger partial charge in [-0.15, -0.1) is 0 Å². The molecule has 0 radical (unpaired) electrons. The zero-order chi connectivity index (χ0) is 11.8. The summed E-state index contributed by atoms with van der Waals surface area (Å²) in [6.07, 6.45) is 6.83. The van der Waals surface area contributed by atoms with Gasteiger partial charge < -0.3 is 10.6 Å². The fourth-order valence-corrected chi connectivity index (χ4v) is 2.85. The minimum atomic E-state index is 0.697. The Balaban J connectivity index is 2.32. The molecule has 2 unspecified atom stereocenters. The molecule has 0 aromatic carbocycles. The second-order valence-electron chi connectivity index (χ2n) is 4.74. The van der Waals surface area contributed by atoms with Gasteiger partial charge in [-0.3, -0.25) is 0 Å². The summed E-state index contributed by atoms with van der Waals surface area (Å²) in [5, 5.41) is 8.50. The molecule has 92 valence electrons. The first-order chi connectivity index (χ1) is 7.83. The maximum Gasteiger partial charge on any atom is 0.0621 e. The van der Waals surface area contributed by atoms with E-state index in [4.69, 9.17) is 11.0 Å². The van der Waals surface area contributed by atoms with Crippen molar-refractivity contribution in [2.45, 2.75) is 51.5 Å². The van der Waals surface area contributed by atoms with Gasteiger partial charge in [0, 0.05) is 12.5 Å². The van der Waals surface area contributed by atoms with E-state index in [1.807, 2.05) is 0 Å². The number of rotatable bonds is 7. The first-order valence-corrected chi connectivity index (χ1v) is 6.64. The Labute approximate surface area is 99.6 Å². The lowest BCUT2D eigenvalue weighted by Gasteiger charge is -2.31. The summed E-state index contributed by atoms with van der Waals surface area (Å²) in [7, 11) is 0. The maximum atomic E-state index is 8.50. The molecule has 0 saturated heterocycles. The topological polar surface area (TPSA) is 53.0 Å². The molecule has 0 aromatic rings. The zero-order valence-corrected chi connectivity index (χ0v) is 10.5. The highest BCUT2D eigenvalue weighted by Crippen LogP contribution is 2.29. The molecule has 1 saturated carbocycles. The van der Waals surface area contributed by atoms with Gasteiger partial charge in [0.1, 0.15) is 0 Å². The summed E-state index contributed by atoms with van der Waals surface area (Å²) in [6.45, 7) is 5.32. The van der Waals surface area contributed by atoms with Crippen LogP contribution in [0.1, 0.15) is 45.4 Å². The molecule has 3 nitrogen and oxygen atoms in total. The zero-order valence-electron chi connectivity index (χ0n) is 10.5. The van der Waals surface area contributed by atoms with Crippen LogP contribution >= 0.6 is 0 Å². The third-order valence-electron chi connectivity index (χ3n) is 3.78. The monoisotopic (exact) mass is 223 g/mol. The van der Waals surface area contributed by atoms with Crippen molar-refractivity contribution in [1.82, 2.24) is 4.90 Å². The average Bonchev–Trinajstić information content (AvgIpc) is 2.77. The van der Waals surface area contributed by atoms with Gasteiger partial charge in [-0.1, -0.05) is 13.3 Å². The first-order valence-electron chi connectivity index (χ1n) is 6.64. The van der Waals surface area contributed by atoms with Gasteiger partial charge >= 0.3 is 0 Å². The van der Waals surface area contributed by atoms with E-state index in [2.05, 4.69) is 17.9 Å². The van der Waals surface area contributed by atoms with Crippen LogP contribution in [0.25, 0.3) is 0 Å². The summed E-state index contributed by atoms with van der Waals surface area (Å²) in [5.41, 5.74) is 5.82. The Bertz CT molecular complexity index is 222. The van der Waals surface area contributed by atoms with E-state index < -0.39 is 0 Å². The summed E-state index contributed by atoms with van der Waals surface area (Å²) < 4.78 is 0. The fraction of sp³-hybridized carbons (Fsp3) is 0.923. The van der Waals surface area contributed by atoms with Crippen LogP contribution in [-0.4, -0.2) is 30.6 Å². The SMILES string of the molecule is CCN(CCCCC#N)C1CCCC1CN. The van der Waals surface area contributed by atoms with E-state index in [1.165, 1.54) is 19.3 Å². The second kappa shape index (κ2) is 7.65. The Hall–Kier alpha value is -0.590. The van der Waals surface area contributed by atoms with Crippen molar-refractivity contribution in [3.05, 3.63) is 0 Å². The van der Waals surface area contributed by atoms with Gasteiger partial charge in [0.15, 0.2) is 0 Å². The van der Waals surface area contributed by atoms with E-state index >= 15 is 0 Å². The minimum Gasteiger partial charge on any atom is -0.330 e. The number of hydrogen-bond acceptors (Lipinski definition) is 3. The Kier molecular flexibility index (Phi) is 6.44. The molecular weight excluding hydrogens is 198 g/mol. The van der Waals surface area contributed by atoms with Crippen LogP contribution in [0.2, 0.25) is 0 Å². The number of hydrogen-bond donors (Lipinski definition) is 1. The Morgan fingerprint density at radius 3 is 2.81 bits per heavy atom. The molecule has 16 heavy (non-hydrogen) atoms. The molecule has 2 N–H and O–H groups in total. The predicted octanol–water partition coefficient (Wildman–Crippen LogP) is 2.13. The van der Waals surface area contributed by atoms with Gasteiger partial charge in [-0.05, 0) is 51.2 Å². The lowest BCUT2D eigenvalue weighted by atomic mass is 10.0. The largest absolute Gasteiger partial charge is 0.330 e. The summed E-state index contributed by atoms with van der Waals surface area (Å²) in [5.74, 6) is 0.705.